The van der Waals surface area contributed by atoms with Crippen molar-refractivity contribution in [2.75, 3.05) is 20.7 Å². The monoisotopic (exact) mass is 203 g/mol. The molecule has 1 amide bonds. The molecule has 0 fully saturated rings. The summed E-state index contributed by atoms with van der Waals surface area (Å²) in [5.74, 6) is -0.782. The van der Waals surface area contributed by atoms with Crippen molar-refractivity contribution in [3.05, 3.63) is 5.21 Å². The molecule has 6 heteroatoms. The molecule has 0 saturated heterocycles. The second kappa shape index (κ2) is 6.33. The predicted octanol–water partition coefficient (Wildman–Crippen LogP) is -0.516. The zero-order valence-corrected chi connectivity index (χ0v) is 8.57. The minimum atomic E-state index is -0.855. The third-order valence-electron chi connectivity index (χ3n) is 1.70. The summed E-state index contributed by atoms with van der Waals surface area (Å²) in [7, 11) is 2.46. The van der Waals surface area contributed by atoms with E-state index in [1.807, 2.05) is 0 Å². The topological polar surface area (TPSA) is 81.7 Å². The highest BCUT2D eigenvalue weighted by Crippen LogP contribution is 2.01. The molecule has 0 bridgehead atoms. The number of nitrogens with one attached hydrogen (secondary N) is 1. The van der Waals surface area contributed by atoms with Gasteiger partial charge in [-0.05, 0) is 13.5 Å². The molecule has 14 heavy (non-hydrogen) atoms. The third kappa shape index (κ3) is 4.78. The van der Waals surface area contributed by atoms with Crippen LogP contribution in [0.1, 0.15) is 13.3 Å². The molecule has 0 aliphatic rings. The highest BCUT2D eigenvalue weighted by molar-refractivity contribution is 5.76. The summed E-state index contributed by atoms with van der Waals surface area (Å²) in [5, 5.41) is 13.9. The smallest absolute Gasteiger partial charge is 0.322 e. The number of carbonyl (C=O) groups is 2. The SMILES string of the molecule is COC(=O)C(CCNC(C)=O)N(C)[O-]. The van der Waals surface area contributed by atoms with Crippen molar-refractivity contribution in [3.63, 3.8) is 0 Å². The quantitative estimate of drug-likeness (QED) is 0.480. The van der Waals surface area contributed by atoms with E-state index < -0.39 is 12.0 Å². The molecule has 0 aliphatic carbocycles. The van der Waals surface area contributed by atoms with Gasteiger partial charge < -0.3 is 20.3 Å². The molecule has 1 atom stereocenters. The van der Waals surface area contributed by atoms with Crippen molar-refractivity contribution in [2.45, 2.75) is 19.4 Å². The maximum Gasteiger partial charge on any atom is 0.322 e. The Bertz CT molecular complexity index is 206. The number of methoxy groups -OCH3 is 1. The highest BCUT2D eigenvalue weighted by atomic mass is 16.5. The van der Waals surface area contributed by atoms with E-state index >= 15 is 0 Å². The van der Waals surface area contributed by atoms with Crippen molar-refractivity contribution in [3.8, 4) is 0 Å². The zero-order chi connectivity index (χ0) is 11.1. The Labute approximate surface area is 82.8 Å². The molecule has 1 unspecified atom stereocenters. The molecule has 0 saturated carbocycles. The molecule has 0 heterocycles. The highest BCUT2D eigenvalue weighted by Gasteiger charge is 2.17. The third-order valence-corrected chi connectivity index (χ3v) is 1.70. The first kappa shape index (κ1) is 12.9. The van der Waals surface area contributed by atoms with Gasteiger partial charge in [0.1, 0.15) is 0 Å². The number of carbonyl (C=O) groups excluding carboxylic acids is 2. The Hall–Kier alpha value is -1.14. The molecule has 0 aromatic carbocycles. The fourth-order valence-corrected chi connectivity index (χ4v) is 0.969. The van der Waals surface area contributed by atoms with Crippen LogP contribution in [0.15, 0.2) is 0 Å². The molecule has 0 aromatic heterocycles. The Balaban J connectivity index is 3.98. The second-order valence-electron chi connectivity index (χ2n) is 2.86. The van der Waals surface area contributed by atoms with Crippen molar-refractivity contribution in [1.82, 2.24) is 10.4 Å². The van der Waals surface area contributed by atoms with Crippen molar-refractivity contribution < 1.29 is 14.3 Å². The van der Waals surface area contributed by atoms with Gasteiger partial charge in [0.05, 0.1) is 13.2 Å². The second-order valence-corrected chi connectivity index (χ2v) is 2.86. The van der Waals surface area contributed by atoms with Gasteiger partial charge in [-0.15, -0.1) is 0 Å². The minimum Gasteiger partial charge on any atom is -0.785 e. The number of hydrogen-bond acceptors (Lipinski definition) is 5. The Morgan fingerprint density at radius 2 is 2.14 bits per heavy atom. The van der Waals surface area contributed by atoms with Crippen LogP contribution in [0.4, 0.5) is 0 Å². The molecular weight excluding hydrogens is 188 g/mol. The van der Waals surface area contributed by atoms with Crippen LogP contribution >= 0.6 is 0 Å². The summed E-state index contributed by atoms with van der Waals surface area (Å²) >= 11 is 0. The molecule has 0 aromatic rings. The van der Waals surface area contributed by atoms with Crippen LogP contribution in [-0.4, -0.2) is 43.7 Å². The van der Waals surface area contributed by atoms with Gasteiger partial charge in [-0.2, -0.15) is 0 Å². The lowest BCUT2D eigenvalue weighted by molar-refractivity contribution is -0.145. The van der Waals surface area contributed by atoms with E-state index in [0.29, 0.717) is 5.06 Å². The van der Waals surface area contributed by atoms with Crippen molar-refractivity contribution in [2.24, 2.45) is 0 Å². The lowest BCUT2D eigenvalue weighted by Gasteiger charge is -2.30. The van der Waals surface area contributed by atoms with Gasteiger partial charge in [-0.25, -0.2) is 0 Å². The van der Waals surface area contributed by atoms with Gasteiger partial charge in [-0.3, -0.25) is 9.59 Å². The van der Waals surface area contributed by atoms with E-state index in [9.17, 15) is 14.8 Å². The van der Waals surface area contributed by atoms with Gasteiger partial charge in [0.25, 0.3) is 0 Å². The molecule has 0 spiro atoms. The predicted molar refractivity (Wildman–Crippen MR) is 50.2 cm³/mol. The average Bonchev–Trinajstić information content (AvgIpc) is 2.10. The van der Waals surface area contributed by atoms with Crippen LogP contribution in [0.3, 0.4) is 0 Å². The summed E-state index contributed by atoms with van der Waals surface area (Å²) in [6.07, 6.45) is 0.242. The molecule has 0 aliphatic heterocycles. The van der Waals surface area contributed by atoms with Crippen LogP contribution < -0.4 is 5.32 Å². The summed E-state index contributed by atoms with van der Waals surface area (Å²) in [5.41, 5.74) is 0. The lowest BCUT2D eigenvalue weighted by atomic mass is 10.2. The first-order valence-electron chi connectivity index (χ1n) is 4.21. The van der Waals surface area contributed by atoms with E-state index in [-0.39, 0.29) is 18.9 Å². The van der Waals surface area contributed by atoms with Crippen LogP contribution in [0.25, 0.3) is 0 Å². The van der Waals surface area contributed by atoms with E-state index in [4.69, 9.17) is 0 Å². The zero-order valence-electron chi connectivity index (χ0n) is 8.57. The number of ether oxygens (including phenoxy) is 1. The van der Waals surface area contributed by atoms with E-state index in [1.54, 1.807) is 0 Å². The van der Waals surface area contributed by atoms with Gasteiger partial charge in [0, 0.05) is 13.5 Å². The molecular formula is C8H15N2O4-. The number of hydrogen-bond donors (Lipinski definition) is 1. The first-order valence-corrected chi connectivity index (χ1v) is 4.21. The number of likely N-dealkylation sites (N-methyl/N-ethyl adjacent to an activating group) is 1. The van der Waals surface area contributed by atoms with Crippen molar-refractivity contribution >= 4 is 11.9 Å². The number of esters is 1. The fraction of sp³-hybridized carbons (Fsp3) is 0.750. The largest absolute Gasteiger partial charge is 0.785 e. The van der Waals surface area contributed by atoms with Crippen LogP contribution in [0.2, 0.25) is 0 Å². The van der Waals surface area contributed by atoms with E-state index in [0.717, 1.165) is 0 Å². The van der Waals surface area contributed by atoms with Crippen LogP contribution in [0.5, 0.6) is 0 Å². The molecule has 0 rings (SSSR count). The van der Waals surface area contributed by atoms with Gasteiger partial charge in [-0.1, -0.05) is 0 Å². The molecule has 6 nitrogen and oxygen atoms in total. The van der Waals surface area contributed by atoms with E-state index in [1.165, 1.54) is 21.1 Å². The minimum absolute atomic E-state index is 0.192. The lowest BCUT2D eigenvalue weighted by Crippen LogP contribution is -2.38. The number of hydroxylamine groups is 2. The van der Waals surface area contributed by atoms with E-state index in [2.05, 4.69) is 10.1 Å². The summed E-state index contributed by atoms with van der Waals surface area (Å²) in [4.78, 5) is 21.6. The van der Waals surface area contributed by atoms with Gasteiger partial charge in [0.2, 0.25) is 5.91 Å². The summed E-state index contributed by atoms with van der Waals surface area (Å²) in [6.45, 7) is 1.65. The van der Waals surface area contributed by atoms with Crippen LogP contribution in [-0.2, 0) is 14.3 Å². The Morgan fingerprint density at radius 3 is 2.50 bits per heavy atom. The molecule has 0 radical (unpaired) electrons. The normalized spacial score (nSPS) is 12.4. The Morgan fingerprint density at radius 1 is 1.57 bits per heavy atom. The standard InChI is InChI=1S/C8H15N2O4/c1-6(11)9-5-4-7(10(2)13)8(12)14-3/h7H,4-5H2,1-3H3,(H,9,11)/q-1. The maximum atomic E-state index is 11.1. The fourth-order valence-electron chi connectivity index (χ4n) is 0.969. The average molecular weight is 203 g/mol. The number of nitrogens with zero attached hydrogens (tertiary/aromatic N) is 1. The maximum absolute atomic E-state index is 11.1. The van der Waals surface area contributed by atoms with Gasteiger partial charge in [0.15, 0.2) is 0 Å². The number of amides is 1. The Kier molecular flexibility index (Phi) is 5.82. The van der Waals surface area contributed by atoms with Crippen molar-refractivity contribution in [1.29, 1.82) is 0 Å². The van der Waals surface area contributed by atoms with Gasteiger partial charge >= 0.3 is 5.97 Å². The molecule has 82 valence electrons. The summed E-state index contributed by atoms with van der Waals surface area (Å²) < 4.78 is 4.44. The molecule has 1 N–H and O–H groups in total. The first-order chi connectivity index (χ1) is 6.49. The number of rotatable bonds is 5. The summed E-state index contributed by atoms with van der Waals surface area (Å²) in [6, 6.07) is -0.855. The van der Waals surface area contributed by atoms with Crippen LogP contribution in [0, 0.1) is 5.21 Å².